The molecule has 2 aliphatic rings. The second-order valence-electron chi connectivity index (χ2n) is 9.43. The highest BCUT2D eigenvalue weighted by Crippen LogP contribution is 2.50. The third-order valence-corrected chi connectivity index (χ3v) is 8.29. The Balaban J connectivity index is 1.36. The number of nitrogens with one attached hydrogen (secondary N) is 3. The summed E-state index contributed by atoms with van der Waals surface area (Å²) < 4.78 is 0. The monoisotopic (exact) mass is 515 g/mol. The van der Waals surface area contributed by atoms with Gasteiger partial charge in [0.05, 0.1) is 17.9 Å². The average Bonchev–Trinajstić information content (AvgIpc) is 3.68. The fraction of sp³-hybridized carbons (Fsp3) is 0.259. The van der Waals surface area contributed by atoms with Crippen LogP contribution in [0.1, 0.15) is 16.6 Å². The molecule has 188 valence electrons. The predicted molar refractivity (Wildman–Crippen MR) is 139 cm³/mol. The van der Waals surface area contributed by atoms with Gasteiger partial charge in [-0.05, 0) is 23.8 Å². The van der Waals surface area contributed by atoms with Gasteiger partial charge in [0.1, 0.15) is 10.5 Å². The number of carboxylic acids is 1. The molecule has 4 atom stereocenters. The van der Waals surface area contributed by atoms with Crippen LogP contribution in [-0.2, 0) is 20.8 Å². The number of hydrogen-bond acceptors (Lipinski definition) is 7. The number of H-pyrrole nitrogens is 1. The summed E-state index contributed by atoms with van der Waals surface area (Å²) in [7, 11) is 0. The van der Waals surface area contributed by atoms with E-state index in [4.69, 9.17) is 0 Å². The van der Waals surface area contributed by atoms with Crippen LogP contribution in [0.2, 0.25) is 0 Å². The van der Waals surface area contributed by atoms with Crippen LogP contribution in [0.15, 0.2) is 72.4 Å². The molecule has 4 N–H and O–H groups in total. The molecule has 4 unspecified atom stereocenters. The molecule has 4 aromatic rings. The van der Waals surface area contributed by atoms with Crippen LogP contribution in [0.4, 0.5) is 5.69 Å². The van der Waals surface area contributed by atoms with Gasteiger partial charge in [0, 0.05) is 53.9 Å². The van der Waals surface area contributed by atoms with Gasteiger partial charge in [-0.15, -0.1) is 11.3 Å². The number of hydrogen-bond donors (Lipinski definition) is 4. The summed E-state index contributed by atoms with van der Waals surface area (Å²) in [6.07, 6.45) is 3.45. The van der Waals surface area contributed by atoms with Crippen molar-refractivity contribution in [2.45, 2.75) is 18.0 Å². The quantitative estimate of drug-likeness (QED) is 0.266. The Morgan fingerprint density at radius 2 is 1.89 bits per heavy atom. The van der Waals surface area contributed by atoms with Crippen molar-refractivity contribution in [1.29, 1.82) is 0 Å². The van der Waals surface area contributed by atoms with Crippen LogP contribution in [-0.4, -0.2) is 56.4 Å². The lowest BCUT2D eigenvalue weighted by atomic mass is 9.76. The summed E-state index contributed by atoms with van der Waals surface area (Å²) in [6, 6.07) is 16.5. The Labute approximate surface area is 216 Å². The van der Waals surface area contributed by atoms with Gasteiger partial charge >= 0.3 is 5.97 Å². The van der Waals surface area contributed by atoms with E-state index in [1.807, 2.05) is 54.6 Å². The average molecular weight is 516 g/mol. The molecule has 2 saturated heterocycles. The Morgan fingerprint density at radius 1 is 1.11 bits per heavy atom. The Morgan fingerprint density at radius 3 is 2.65 bits per heavy atom. The molecule has 6 rings (SSSR count). The summed E-state index contributed by atoms with van der Waals surface area (Å²) in [5.41, 5.74) is 0.864. The van der Waals surface area contributed by atoms with Crippen LogP contribution >= 0.6 is 11.3 Å². The van der Waals surface area contributed by atoms with Crippen LogP contribution in [0.25, 0.3) is 10.9 Å². The molecular formula is C27H25N5O4S. The molecule has 0 saturated carbocycles. The lowest BCUT2D eigenvalue weighted by Crippen LogP contribution is -2.57. The van der Waals surface area contributed by atoms with E-state index in [-0.39, 0.29) is 18.9 Å². The summed E-state index contributed by atoms with van der Waals surface area (Å²) in [6.45, 7) is 0.506. The van der Waals surface area contributed by atoms with Crippen molar-refractivity contribution in [1.82, 2.24) is 20.2 Å². The summed E-state index contributed by atoms with van der Waals surface area (Å²) in [4.78, 5) is 49.3. The van der Waals surface area contributed by atoms with Gasteiger partial charge in [0.2, 0.25) is 11.8 Å². The number of anilines is 1. The van der Waals surface area contributed by atoms with Crippen molar-refractivity contribution >= 4 is 45.7 Å². The molecule has 10 heteroatoms. The largest absolute Gasteiger partial charge is 0.480 e. The minimum Gasteiger partial charge on any atom is -0.480 e. The summed E-state index contributed by atoms with van der Waals surface area (Å²) >= 11 is 1.34. The molecule has 0 bridgehead atoms. The van der Waals surface area contributed by atoms with E-state index < -0.39 is 35.3 Å². The van der Waals surface area contributed by atoms with Crippen LogP contribution in [0.3, 0.4) is 0 Å². The number of para-hydroxylation sites is 2. The number of carbonyl (C=O) groups is 3. The number of aromatic nitrogens is 2. The minimum atomic E-state index is -1.67. The van der Waals surface area contributed by atoms with Gasteiger partial charge in [0.15, 0.2) is 0 Å². The lowest BCUT2D eigenvalue weighted by molar-refractivity contribution is -0.151. The van der Waals surface area contributed by atoms with Crippen molar-refractivity contribution in [3.63, 3.8) is 0 Å². The van der Waals surface area contributed by atoms with Gasteiger partial charge in [0.25, 0.3) is 0 Å². The number of carboxylic acid groups (broad SMARTS) is 1. The SMILES string of the molecule is O=C1C2C(c3nccs3)NC(Cc3c[nH]c4ccccc34)(C(=O)O)C2C(=O)N1CCNc1ccccc1. The van der Waals surface area contributed by atoms with Gasteiger partial charge in [-0.2, -0.15) is 0 Å². The van der Waals surface area contributed by atoms with Gasteiger partial charge < -0.3 is 15.4 Å². The second-order valence-corrected chi connectivity index (χ2v) is 10.4. The third-order valence-electron chi connectivity index (χ3n) is 7.43. The molecule has 0 radical (unpaired) electrons. The molecule has 2 fully saturated rings. The molecular weight excluding hydrogens is 490 g/mol. The number of fused-ring (bicyclic) bond motifs is 2. The molecule has 0 aliphatic carbocycles. The number of aliphatic carboxylic acids is 1. The summed E-state index contributed by atoms with van der Waals surface area (Å²) in [5.74, 6) is -3.89. The number of thiazole rings is 1. The molecule has 37 heavy (non-hydrogen) atoms. The van der Waals surface area contributed by atoms with Crippen molar-refractivity contribution in [2.24, 2.45) is 11.8 Å². The first-order valence-corrected chi connectivity index (χ1v) is 13.0. The van der Waals surface area contributed by atoms with E-state index in [9.17, 15) is 19.5 Å². The highest BCUT2D eigenvalue weighted by molar-refractivity contribution is 7.09. The summed E-state index contributed by atoms with van der Waals surface area (Å²) in [5, 5.41) is 20.4. The number of benzene rings is 2. The standard InChI is InChI=1S/C27H25N5O4S/c33-24-20-21(25(34)32(24)12-10-28-17-6-2-1-3-7-17)27(26(35)36,31-22(20)23-29-11-13-37-23)14-16-15-30-19-9-5-4-8-18(16)19/h1-9,11,13,15,20-22,28,30-31H,10,12,14H2,(H,35,36). The normalized spacial score (nSPS) is 25.1. The molecule has 4 heterocycles. The molecule has 2 aliphatic heterocycles. The van der Waals surface area contributed by atoms with E-state index in [1.165, 1.54) is 16.2 Å². The maximum Gasteiger partial charge on any atom is 0.325 e. The molecule has 2 aromatic heterocycles. The van der Waals surface area contributed by atoms with E-state index in [0.29, 0.717) is 11.6 Å². The minimum absolute atomic E-state index is 0.0461. The highest BCUT2D eigenvalue weighted by atomic mass is 32.1. The molecule has 2 amide bonds. The first-order chi connectivity index (χ1) is 18.0. The first kappa shape index (κ1) is 23.4. The van der Waals surface area contributed by atoms with Gasteiger partial charge in [-0.1, -0.05) is 36.4 Å². The Kier molecular flexibility index (Phi) is 5.77. The van der Waals surface area contributed by atoms with Crippen LogP contribution in [0.5, 0.6) is 0 Å². The Hall–Kier alpha value is -4.02. The first-order valence-electron chi connectivity index (χ1n) is 12.1. The van der Waals surface area contributed by atoms with Crippen molar-refractivity contribution < 1.29 is 19.5 Å². The number of likely N-dealkylation sites (tertiary alicyclic amines) is 1. The lowest BCUT2D eigenvalue weighted by Gasteiger charge is -2.31. The highest BCUT2D eigenvalue weighted by Gasteiger charge is 2.68. The number of nitrogens with zero attached hydrogens (tertiary/aromatic N) is 2. The zero-order chi connectivity index (χ0) is 25.6. The van der Waals surface area contributed by atoms with Gasteiger partial charge in [-0.3, -0.25) is 24.6 Å². The maximum absolute atomic E-state index is 13.8. The van der Waals surface area contributed by atoms with Crippen molar-refractivity contribution in [3.8, 4) is 0 Å². The fourth-order valence-corrected chi connectivity index (χ4v) is 6.50. The fourth-order valence-electron chi connectivity index (χ4n) is 5.76. The number of carbonyl (C=O) groups excluding carboxylic acids is 2. The van der Waals surface area contributed by atoms with Crippen LogP contribution in [0, 0.1) is 11.8 Å². The van der Waals surface area contributed by atoms with E-state index in [1.54, 1.807) is 17.8 Å². The number of amides is 2. The zero-order valence-corrected chi connectivity index (χ0v) is 20.6. The second kappa shape index (κ2) is 9.13. The van der Waals surface area contributed by atoms with E-state index in [2.05, 4.69) is 20.6 Å². The number of rotatable bonds is 8. The topological polar surface area (TPSA) is 127 Å². The number of aromatic amines is 1. The third kappa shape index (κ3) is 3.80. The van der Waals surface area contributed by atoms with Crippen molar-refractivity contribution in [3.05, 3.63) is 82.9 Å². The maximum atomic E-state index is 13.8. The predicted octanol–water partition coefficient (Wildman–Crippen LogP) is 3.05. The number of imide groups is 1. The molecule has 2 aromatic carbocycles. The van der Waals surface area contributed by atoms with Gasteiger partial charge in [-0.25, -0.2) is 4.98 Å². The van der Waals surface area contributed by atoms with E-state index in [0.717, 1.165) is 22.2 Å². The Bertz CT molecular complexity index is 1470. The van der Waals surface area contributed by atoms with Crippen molar-refractivity contribution in [2.75, 3.05) is 18.4 Å². The smallest absolute Gasteiger partial charge is 0.325 e. The van der Waals surface area contributed by atoms with E-state index >= 15 is 0 Å². The van der Waals surface area contributed by atoms with Crippen LogP contribution < -0.4 is 10.6 Å². The molecule has 0 spiro atoms. The molecule has 9 nitrogen and oxygen atoms in total. The zero-order valence-electron chi connectivity index (χ0n) is 19.8.